The van der Waals surface area contributed by atoms with Gasteiger partial charge < -0.3 is 14.9 Å². The molecule has 4 bridgehead atoms. The summed E-state index contributed by atoms with van der Waals surface area (Å²) in [4.78, 5) is 26.2. The largest absolute Gasteiger partial charge is 0.390 e. The van der Waals surface area contributed by atoms with Crippen LogP contribution in [0.15, 0.2) is 18.5 Å². The monoisotopic (exact) mass is 342 g/mol. The molecule has 6 nitrogen and oxygen atoms in total. The van der Waals surface area contributed by atoms with Gasteiger partial charge in [-0.3, -0.25) is 4.79 Å². The van der Waals surface area contributed by atoms with Crippen LogP contribution in [0.25, 0.3) is 0 Å². The van der Waals surface area contributed by atoms with Gasteiger partial charge in [0.05, 0.1) is 11.0 Å². The van der Waals surface area contributed by atoms with E-state index in [-0.39, 0.29) is 5.41 Å². The van der Waals surface area contributed by atoms with E-state index in [1.165, 1.54) is 6.42 Å². The fraction of sp³-hybridized carbons (Fsp3) is 0.737. The topological polar surface area (TPSA) is 69.6 Å². The quantitative estimate of drug-likeness (QED) is 0.881. The minimum atomic E-state index is -0.570. The summed E-state index contributed by atoms with van der Waals surface area (Å²) < 4.78 is 0. The van der Waals surface area contributed by atoms with Crippen molar-refractivity contribution in [2.75, 3.05) is 31.1 Å². The Morgan fingerprint density at radius 2 is 1.68 bits per heavy atom. The van der Waals surface area contributed by atoms with Gasteiger partial charge in [-0.05, 0) is 56.4 Å². The lowest BCUT2D eigenvalue weighted by molar-refractivity contribution is -0.186. The van der Waals surface area contributed by atoms with Crippen LogP contribution < -0.4 is 4.90 Å². The Hall–Kier alpha value is -1.69. The molecule has 1 N–H and O–H groups in total. The highest BCUT2D eigenvalue weighted by atomic mass is 16.3. The number of rotatable bonds is 2. The van der Waals surface area contributed by atoms with Gasteiger partial charge in [0, 0.05) is 38.6 Å². The molecule has 1 saturated heterocycles. The zero-order valence-corrected chi connectivity index (χ0v) is 14.6. The van der Waals surface area contributed by atoms with E-state index >= 15 is 0 Å². The van der Waals surface area contributed by atoms with Crippen molar-refractivity contribution in [1.82, 2.24) is 14.9 Å². The lowest BCUT2D eigenvalue weighted by atomic mass is 9.47. The molecule has 1 aliphatic heterocycles. The van der Waals surface area contributed by atoms with Crippen LogP contribution in [0.3, 0.4) is 0 Å². The van der Waals surface area contributed by atoms with Crippen molar-refractivity contribution in [3.8, 4) is 0 Å². The Morgan fingerprint density at radius 3 is 2.28 bits per heavy atom. The zero-order chi connectivity index (χ0) is 17.1. The second-order valence-electron chi connectivity index (χ2n) is 8.79. The molecule has 6 rings (SSSR count). The highest BCUT2D eigenvalue weighted by Crippen LogP contribution is 2.62. The number of piperazine rings is 1. The first kappa shape index (κ1) is 15.6. The number of aromatic nitrogens is 2. The Morgan fingerprint density at radius 1 is 1.04 bits per heavy atom. The predicted octanol–water partition coefficient (Wildman–Crippen LogP) is 1.46. The molecule has 134 valence electrons. The minimum Gasteiger partial charge on any atom is -0.390 e. The molecule has 0 aromatic carbocycles. The van der Waals surface area contributed by atoms with E-state index in [9.17, 15) is 9.90 Å². The number of aliphatic hydroxyl groups is 1. The summed E-state index contributed by atoms with van der Waals surface area (Å²) in [5.41, 5.74) is -0.857. The molecule has 0 spiro atoms. The molecule has 2 atom stereocenters. The van der Waals surface area contributed by atoms with Crippen molar-refractivity contribution >= 4 is 11.9 Å². The molecule has 1 aromatic rings. The number of anilines is 1. The lowest BCUT2D eigenvalue weighted by Crippen LogP contribution is -2.62. The van der Waals surface area contributed by atoms with E-state index in [4.69, 9.17) is 0 Å². The van der Waals surface area contributed by atoms with E-state index < -0.39 is 5.60 Å². The number of amides is 1. The zero-order valence-electron chi connectivity index (χ0n) is 14.6. The van der Waals surface area contributed by atoms with Crippen molar-refractivity contribution in [1.29, 1.82) is 0 Å². The molecule has 2 unspecified atom stereocenters. The van der Waals surface area contributed by atoms with Gasteiger partial charge in [0.15, 0.2) is 0 Å². The summed E-state index contributed by atoms with van der Waals surface area (Å²) in [6.45, 7) is 3.02. The fourth-order valence-electron chi connectivity index (χ4n) is 6.36. The summed E-state index contributed by atoms with van der Waals surface area (Å²) in [5, 5.41) is 10.9. The third kappa shape index (κ3) is 2.53. The fourth-order valence-corrected chi connectivity index (χ4v) is 6.36. The second-order valence-corrected chi connectivity index (χ2v) is 8.79. The number of hydrogen-bond acceptors (Lipinski definition) is 5. The maximum atomic E-state index is 13.4. The molecular weight excluding hydrogens is 316 g/mol. The molecule has 2 heterocycles. The molecule has 4 saturated carbocycles. The summed E-state index contributed by atoms with van der Waals surface area (Å²) in [5.74, 6) is 2.15. The third-order valence-electron chi connectivity index (χ3n) is 6.89. The Balaban J connectivity index is 1.30. The SMILES string of the molecule is O=C(N1CCN(c2ncccn2)CC1)C12CC3CC(CC(O)(C3)C1)C2. The standard InChI is InChI=1S/C19H26N4O2/c24-16(18-9-14-8-15(10-18)12-19(25,11-14)13-18)22-4-6-23(7-5-22)17-20-2-1-3-21-17/h1-3,14-15,25H,4-13H2. The smallest absolute Gasteiger partial charge is 0.229 e. The molecule has 1 aromatic heterocycles. The van der Waals surface area contributed by atoms with Crippen LogP contribution in [0.1, 0.15) is 38.5 Å². The van der Waals surface area contributed by atoms with Crippen LogP contribution in [0.5, 0.6) is 0 Å². The molecule has 4 aliphatic carbocycles. The number of nitrogens with zero attached hydrogens (tertiary/aromatic N) is 4. The van der Waals surface area contributed by atoms with Gasteiger partial charge in [-0.2, -0.15) is 0 Å². The number of carbonyl (C=O) groups excluding carboxylic acids is 1. The Bertz CT molecular complexity index is 657. The van der Waals surface area contributed by atoms with Gasteiger partial charge >= 0.3 is 0 Å². The molecule has 6 heteroatoms. The summed E-state index contributed by atoms with van der Waals surface area (Å²) in [7, 11) is 0. The van der Waals surface area contributed by atoms with Gasteiger partial charge in [0.2, 0.25) is 11.9 Å². The normalized spacial score (nSPS) is 39.7. The maximum absolute atomic E-state index is 13.4. The average Bonchev–Trinajstić information content (AvgIpc) is 2.60. The summed E-state index contributed by atoms with van der Waals surface area (Å²) in [6.07, 6.45) is 9.24. The number of carbonyl (C=O) groups is 1. The van der Waals surface area contributed by atoms with Gasteiger partial charge in [0.1, 0.15) is 0 Å². The van der Waals surface area contributed by atoms with Gasteiger partial charge in [0.25, 0.3) is 0 Å². The third-order valence-corrected chi connectivity index (χ3v) is 6.89. The highest BCUT2D eigenvalue weighted by Gasteiger charge is 2.60. The van der Waals surface area contributed by atoms with Gasteiger partial charge in [-0.25, -0.2) is 9.97 Å². The van der Waals surface area contributed by atoms with Crippen molar-refractivity contribution < 1.29 is 9.90 Å². The summed E-state index contributed by atoms with van der Waals surface area (Å²) >= 11 is 0. The van der Waals surface area contributed by atoms with Crippen molar-refractivity contribution in [3.05, 3.63) is 18.5 Å². The minimum absolute atomic E-state index is 0.287. The van der Waals surface area contributed by atoms with Gasteiger partial charge in [-0.1, -0.05) is 0 Å². The number of hydrogen-bond donors (Lipinski definition) is 1. The Labute approximate surface area is 148 Å². The average molecular weight is 342 g/mol. The van der Waals surface area contributed by atoms with Crippen molar-refractivity contribution in [2.24, 2.45) is 17.3 Å². The van der Waals surface area contributed by atoms with Gasteiger partial charge in [-0.15, -0.1) is 0 Å². The van der Waals surface area contributed by atoms with E-state index in [0.717, 1.165) is 57.8 Å². The van der Waals surface area contributed by atoms with E-state index in [1.807, 2.05) is 11.0 Å². The van der Waals surface area contributed by atoms with Crippen LogP contribution in [0.4, 0.5) is 5.95 Å². The van der Waals surface area contributed by atoms with E-state index in [0.29, 0.717) is 24.2 Å². The van der Waals surface area contributed by atoms with Crippen LogP contribution in [0, 0.1) is 17.3 Å². The molecule has 5 fully saturated rings. The second kappa shape index (κ2) is 5.40. The first-order chi connectivity index (χ1) is 12.1. The van der Waals surface area contributed by atoms with Crippen LogP contribution in [-0.2, 0) is 4.79 Å². The van der Waals surface area contributed by atoms with Crippen molar-refractivity contribution in [3.63, 3.8) is 0 Å². The van der Waals surface area contributed by atoms with Crippen LogP contribution in [0.2, 0.25) is 0 Å². The first-order valence-electron chi connectivity index (χ1n) is 9.59. The first-order valence-corrected chi connectivity index (χ1v) is 9.59. The van der Waals surface area contributed by atoms with Crippen LogP contribution >= 0.6 is 0 Å². The van der Waals surface area contributed by atoms with Crippen LogP contribution in [-0.4, -0.2) is 57.7 Å². The van der Waals surface area contributed by atoms with E-state index in [2.05, 4.69) is 14.9 Å². The molecule has 25 heavy (non-hydrogen) atoms. The van der Waals surface area contributed by atoms with E-state index in [1.54, 1.807) is 12.4 Å². The lowest BCUT2D eigenvalue weighted by Gasteiger charge is -2.60. The highest BCUT2D eigenvalue weighted by molar-refractivity contribution is 5.83. The van der Waals surface area contributed by atoms with Crippen molar-refractivity contribution in [2.45, 2.75) is 44.1 Å². The predicted molar refractivity (Wildman–Crippen MR) is 92.9 cm³/mol. The molecular formula is C19H26N4O2. The molecule has 0 radical (unpaired) electrons. The maximum Gasteiger partial charge on any atom is 0.229 e. The molecule has 5 aliphatic rings. The molecule has 1 amide bonds. The summed E-state index contributed by atoms with van der Waals surface area (Å²) in [6, 6.07) is 1.82. The Kier molecular flexibility index (Phi) is 3.36.